The lowest BCUT2D eigenvalue weighted by Crippen LogP contribution is -2.47. The van der Waals surface area contributed by atoms with E-state index in [9.17, 15) is 9.59 Å². The molecule has 0 unspecified atom stereocenters. The fourth-order valence-corrected chi connectivity index (χ4v) is 2.61. The van der Waals surface area contributed by atoms with Crippen LogP contribution in [0.25, 0.3) is 10.8 Å². The van der Waals surface area contributed by atoms with Crippen LogP contribution >= 0.6 is 0 Å². The molecule has 26 heavy (non-hydrogen) atoms. The smallest absolute Gasteiger partial charge is 0.279 e. The summed E-state index contributed by atoms with van der Waals surface area (Å²) in [5.41, 5.74) is 6.16. The molecule has 5 heteroatoms. The van der Waals surface area contributed by atoms with E-state index in [1.54, 1.807) is 19.1 Å². The fourth-order valence-electron chi connectivity index (χ4n) is 2.61. The number of hydrogen-bond donors (Lipinski definition) is 2. The van der Waals surface area contributed by atoms with E-state index in [2.05, 4.69) is 10.9 Å². The molecule has 132 valence electrons. The van der Waals surface area contributed by atoms with Crippen LogP contribution in [0.5, 0.6) is 5.75 Å². The van der Waals surface area contributed by atoms with Crippen molar-refractivity contribution in [3.63, 3.8) is 0 Å². The molecule has 5 nitrogen and oxygen atoms in total. The van der Waals surface area contributed by atoms with Gasteiger partial charge < -0.3 is 4.74 Å². The second-order valence-electron chi connectivity index (χ2n) is 6.03. The van der Waals surface area contributed by atoms with Crippen LogP contribution in [0, 0.1) is 6.92 Å². The molecule has 0 spiro atoms. The average molecular weight is 348 g/mol. The van der Waals surface area contributed by atoms with E-state index < -0.39 is 12.0 Å². The Bertz CT molecular complexity index is 953. The number of aryl methyl sites for hydroxylation is 1. The van der Waals surface area contributed by atoms with Crippen molar-refractivity contribution >= 4 is 22.6 Å². The van der Waals surface area contributed by atoms with Crippen LogP contribution in [-0.4, -0.2) is 17.9 Å². The Kier molecular flexibility index (Phi) is 5.17. The molecule has 0 heterocycles. The van der Waals surface area contributed by atoms with Crippen LogP contribution in [0.2, 0.25) is 0 Å². The van der Waals surface area contributed by atoms with Crippen molar-refractivity contribution in [2.24, 2.45) is 0 Å². The maximum absolute atomic E-state index is 12.2. The van der Waals surface area contributed by atoms with Crippen molar-refractivity contribution in [3.8, 4) is 5.75 Å². The van der Waals surface area contributed by atoms with E-state index in [1.165, 1.54) is 0 Å². The molecule has 0 bridgehead atoms. The molecule has 0 aliphatic heterocycles. The molecule has 0 saturated heterocycles. The molecule has 2 N–H and O–H groups in total. The van der Waals surface area contributed by atoms with E-state index in [0.717, 1.165) is 16.3 Å². The van der Waals surface area contributed by atoms with Gasteiger partial charge in [-0.1, -0.05) is 48.5 Å². The Morgan fingerprint density at radius 3 is 2.35 bits per heavy atom. The number of hydrogen-bond acceptors (Lipinski definition) is 3. The highest BCUT2D eigenvalue weighted by Gasteiger charge is 2.16. The Balaban J connectivity index is 1.59. The van der Waals surface area contributed by atoms with Crippen molar-refractivity contribution in [2.75, 3.05) is 0 Å². The molecule has 0 aromatic heterocycles. The lowest BCUT2D eigenvalue weighted by atomic mass is 10.1. The molecule has 1 atom stereocenters. The Morgan fingerprint density at radius 1 is 0.885 bits per heavy atom. The van der Waals surface area contributed by atoms with Gasteiger partial charge in [0.05, 0.1) is 0 Å². The summed E-state index contributed by atoms with van der Waals surface area (Å²) in [4.78, 5) is 24.3. The van der Waals surface area contributed by atoms with Crippen LogP contribution in [0.15, 0.2) is 66.7 Å². The third-order valence-corrected chi connectivity index (χ3v) is 4.09. The zero-order valence-corrected chi connectivity index (χ0v) is 14.7. The van der Waals surface area contributed by atoms with Crippen LogP contribution in [0.3, 0.4) is 0 Å². The first-order valence-corrected chi connectivity index (χ1v) is 8.36. The average Bonchev–Trinajstić information content (AvgIpc) is 2.66. The van der Waals surface area contributed by atoms with E-state index in [0.29, 0.717) is 11.3 Å². The molecule has 3 rings (SSSR count). The van der Waals surface area contributed by atoms with Gasteiger partial charge in [-0.25, -0.2) is 0 Å². The van der Waals surface area contributed by atoms with Crippen LogP contribution < -0.4 is 15.6 Å². The Labute approximate surface area is 152 Å². The highest BCUT2D eigenvalue weighted by molar-refractivity contribution is 5.97. The second kappa shape index (κ2) is 7.70. The lowest BCUT2D eigenvalue weighted by Gasteiger charge is -2.16. The van der Waals surface area contributed by atoms with Crippen molar-refractivity contribution in [2.45, 2.75) is 20.0 Å². The van der Waals surface area contributed by atoms with Gasteiger partial charge in [0.2, 0.25) is 0 Å². The molecule has 3 aromatic carbocycles. The Hall–Kier alpha value is -3.34. The summed E-state index contributed by atoms with van der Waals surface area (Å²) in [5, 5.41) is 2.13. The third kappa shape index (κ3) is 4.00. The molecular weight excluding hydrogens is 328 g/mol. The molecular formula is C21H20N2O3. The summed E-state index contributed by atoms with van der Waals surface area (Å²) in [6.07, 6.45) is -0.756. The van der Waals surface area contributed by atoms with E-state index in [1.807, 2.05) is 61.5 Å². The van der Waals surface area contributed by atoms with E-state index in [4.69, 9.17) is 4.74 Å². The van der Waals surface area contributed by atoms with Gasteiger partial charge in [-0.2, -0.15) is 0 Å². The second-order valence-corrected chi connectivity index (χ2v) is 6.03. The molecule has 2 amide bonds. The first-order valence-electron chi connectivity index (χ1n) is 8.36. The van der Waals surface area contributed by atoms with Crippen molar-refractivity contribution in [1.29, 1.82) is 0 Å². The highest BCUT2D eigenvalue weighted by Crippen LogP contribution is 2.21. The largest absolute Gasteiger partial charge is 0.481 e. The quantitative estimate of drug-likeness (QED) is 0.710. The number of ether oxygens (including phenoxy) is 1. The van der Waals surface area contributed by atoms with Crippen molar-refractivity contribution < 1.29 is 14.3 Å². The van der Waals surface area contributed by atoms with Gasteiger partial charge in [0.15, 0.2) is 6.10 Å². The predicted octanol–water partition coefficient (Wildman–Crippen LogP) is 3.38. The molecule has 0 aliphatic rings. The van der Waals surface area contributed by atoms with E-state index >= 15 is 0 Å². The molecule has 3 aromatic rings. The third-order valence-electron chi connectivity index (χ3n) is 4.09. The summed E-state index contributed by atoms with van der Waals surface area (Å²) >= 11 is 0. The van der Waals surface area contributed by atoms with Gasteiger partial charge in [0.1, 0.15) is 5.75 Å². The monoisotopic (exact) mass is 348 g/mol. The molecule has 0 radical (unpaired) electrons. The lowest BCUT2D eigenvalue weighted by molar-refractivity contribution is -0.128. The van der Waals surface area contributed by atoms with Gasteiger partial charge in [-0.3, -0.25) is 20.4 Å². The summed E-state index contributed by atoms with van der Waals surface area (Å²) < 4.78 is 5.68. The van der Waals surface area contributed by atoms with Crippen molar-refractivity contribution in [1.82, 2.24) is 10.9 Å². The summed E-state index contributed by atoms with van der Waals surface area (Å²) in [6.45, 7) is 3.46. The standard InChI is InChI=1S/C21H20N2O3/c1-14-7-3-6-10-19(14)21(25)23-22-20(24)15(2)26-18-12-11-16-8-4-5-9-17(16)13-18/h3-13,15H,1-2H3,(H,22,24)(H,23,25)/t15-/m1/s1. The number of fused-ring (bicyclic) bond motifs is 1. The van der Waals surface area contributed by atoms with Gasteiger partial charge in [0, 0.05) is 5.56 Å². The Morgan fingerprint density at radius 2 is 1.58 bits per heavy atom. The number of amides is 2. The first-order chi connectivity index (χ1) is 12.5. The van der Waals surface area contributed by atoms with Gasteiger partial charge in [-0.05, 0) is 48.4 Å². The first kappa shape index (κ1) is 17.5. The number of carbonyl (C=O) groups excluding carboxylic acids is 2. The van der Waals surface area contributed by atoms with Crippen LogP contribution in [-0.2, 0) is 4.79 Å². The fraction of sp³-hybridized carbons (Fsp3) is 0.143. The number of carbonyl (C=O) groups is 2. The zero-order valence-electron chi connectivity index (χ0n) is 14.7. The number of rotatable bonds is 4. The molecule has 0 aliphatic carbocycles. The number of nitrogens with one attached hydrogen (secondary N) is 2. The van der Waals surface area contributed by atoms with E-state index in [-0.39, 0.29) is 5.91 Å². The highest BCUT2D eigenvalue weighted by atomic mass is 16.5. The minimum Gasteiger partial charge on any atom is -0.481 e. The maximum Gasteiger partial charge on any atom is 0.279 e. The molecule has 0 fully saturated rings. The topological polar surface area (TPSA) is 67.4 Å². The normalized spacial score (nSPS) is 11.6. The van der Waals surface area contributed by atoms with Crippen LogP contribution in [0.1, 0.15) is 22.8 Å². The zero-order chi connectivity index (χ0) is 18.5. The van der Waals surface area contributed by atoms with Crippen LogP contribution in [0.4, 0.5) is 0 Å². The SMILES string of the molecule is Cc1ccccc1C(=O)NNC(=O)[C@@H](C)Oc1ccc2ccccc2c1. The van der Waals surface area contributed by atoms with Gasteiger partial charge >= 0.3 is 0 Å². The molecule has 0 saturated carbocycles. The minimum atomic E-state index is -0.756. The minimum absolute atomic E-state index is 0.366. The predicted molar refractivity (Wildman–Crippen MR) is 101 cm³/mol. The summed E-state index contributed by atoms with van der Waals surface area (Å²) in [6, 6.07) is 20.7. The van der Waals surface area contributed by atoms with Crippen molar-refractivity contribution in [3.05, 3.63) is 77.9 Å². The summed E-state index contributed by atoms with van der Waals surface area (Å²) in [7, 11) is 0. The number of benzene rings is 3. The summed E-state index contributed by atoms with van der Waals surface area (Å²) in [5.74, 6) is -0.203. The maximum atomic E-state index is 12.2. The number of hydrazine groups is 1. The van der Waals surface area contributed by atoms with Gasteiger partial charge in [-0.15, -0.1) is 0 Å². The van der Waals surface area contributed by atoms with Gasteiger partial charge in [0.25, 0.3) is 11.8 Å².